The van der Waals surface area contributed by atoms with Crippen LogP contribution in [0.25, 0.3) is 10.9 Å². The van der Waals surface area contributed by atoms with Crippen molar-refractivity contribution < 1.29 is 8.42 Å². The summed E-state index contributed by atoms with van der Waals surface area (Å²) in [5, 5.41) is 0.669. The number of nitrogens with two attached hydrogens (primary N) is 1. The van der Waals surface area contributed by atoms with Crippen molar-refractivity contribution in [1.29, 1.82) is 0 Å². The lowest BCUT2D eigenvalue weighted by atomic mass is 10.3. The number of aromatic nitrogens is 2. The Labute approximate surface area is 123 Å². The molecule has 3 aromatic rings. The lowest BCUT2D eigenvalue weighted by molar-refractivity contribution is 0.596. The quantitative estimate of drug-likeness (QED) is 0.797. The molecule has 0 atom stereocenters. The van der Waals surface area contributed by atoms with Crippen molar-refractivity contribution in [2.45, 2.75) is 16.3 Å². The van der Waals surface area contributed by atoms with Gasteiger partial charge in [-0.15, -0.1) is 0 Å². The molecule has 0 saturated heterocycles. The Balaban J connectivity index is 2.26. The number of nitrogens with zero attached hydrogens (tertiary/aromatic N) is 2. The molecular weight excluding hydrogens is 286 g/mol. The zero-order valence-corrected chi connectivity index (χ0v) is 12.1. The Kier molecular flexibility index (Phi) is 3.48. The van der Waals surface area contributed by atoms with Crippen molar-refractivity contribution >= 4 is 20.7 Å². The SMILES string of the molecule is NCCn1cc(S(=O)(=O)c2ccccc2)c2ccncc21. The van der Waals surface area contributed by atoms with E-state index in [0.717, 1.165) is 5.52 Å². The van der Waals surface area contributed by atoms with Gasteiger partial charge < -0.3 is 10.3 Å². The maximum Gasteiger partial charge on any atom is 0.208 e. The molecule has 0 radical (unpaired) electrons. The van der Waals surface area contributed by atoms with E-state index in [9.17, 15) is 8.42 Å². The van der Waals surface area contributed by atoms with Crippen LogP contribution in [0.5, 0.6) is 0 Å². The Bertz CT molecular complexity index is 870. The second kappa shape index (κ2) is 5.31. The van der Waals surface area contributed by atoms with Gasteiger partial charge in [-0.05, 0) is 18.2 Å². The van der Waals surface area contributed by atoms with Gasteiger partial charge in [0.1, 0.15) is 0 Å². The van der Waals surface area contributed by atoms with Crippen LogP contribution in [0.15, 0.2) is 64.8 Å². The molecule has 0 spiro atoms. The van der Waals surface area contributed by atoms with Crippen LogP contribution >= 0.6 is 0 Å². The first kappa shape index (κ1) is 13.8. The van der Waals surface area contributed by atoms with E-state index in [0.29, 0.717) is 23.4 Å². The molecule has 1 aromatic carbocycles. The van der Waals surface area contributed by atoms with Crippen LogP contribution in [0.1, 0.15) is 0 Å². The zero-order valence-electron chi connectivity index (χ0n) is 11.3. The van der Waals surface area contributed by atoms with Gasteiger partial charge >= 0.3 is 0 Å². The minimum Gasteiger partial charge on any atom is -0.344 e. The molecule has 0 amide bonds. The predicted molar refractivity (Wildman–Crippen MR) is 80.7 cm³/mol. The van der Waals surface area contributed by atoms with Crippen LogP contribution in [-0.2, 0) is 16.4 Å². The fourth-order valence-electron chi connectivity index (χ4n) is 2.37. The van der Waals surface area contributed by atoms with E-state index in [-0.39, 0.29) is 4.90 Å². The van der Waals surface area contributed by atoms with E-state index < -0.39 is 9.84 Å². The predicted octanol–water partition coefficient (Wildman–Crippen LogP) is 1.83. The second-order valence-electron chi connectivity index (χ2n) is 4.68. The van der Waals surface area contributed by atoms with E-state index in [4.69, 9.17) is 5.73 Å². The number of pyridine rings is 1. The van der Waals surface area contributed by atoms with Crippen molar-refractivity contribution in [3.8, 4) is 0 Å². The molecule has 2 aromatic heterocycles. The number of benzene rings is 1. The molecule has 108 valence electrons. The number of fused-ring (bicyclic) bond motifs is 1. The average Bonchev–Trinajstić information content (AvgIpc) is 2.88. The molecule has 0 saturated carbocycles. The smallest absolute Gasteiger partial charge is 0.208 e. The van der Waals surface area contributed by atoms with Gasteiger partial charge in [0.25, 0.3) is 0 Å². The summed E-state index contributed by atoms with van der Waals surface area (Å²) in [5.41, 5.74) is 6.37. The molecular formula is C15H15N3O2S. The molecule has 0 aliphatic carbocycles. The van der Waals surface area contributed by atoms with Gasteiger partial charge in [-0.1, -0.05) is 18.2 Å². The number of rotatable bonds is 4. The van der Waals surface area contributed by atoms with Crippen LogP contribution in [-0.4, -0.2) is 24.5 Å². The highest BCUT2D eigenvalue weighted by Gasteiger charge is 2.22. The van der Waals surface area contributed by atoms with Crippen molar-refractivity contribution in [3.63, 3.8) is 0 Å². The van der Waals surface area contributed by atoms with Crippen molar-refractivity contribution in [2.75, 3.05) is 6.54 Å². The van der Waals surface area contributed by atoms with Crippen molar-refractivity contribution in [2.24, 2.45) is 5.73 Å². The molecule has 2 N–H and O–H groups in total. The Morgan fingerprint density at radius 1 is 1.14 bits per heavy atom. The van der Waals surface area contributed by atoms with Crippen molar-refractivity contribution in [1.82, 2.24) is 9.55 Å². The van der Waals surface area contributed by atoms with Gasteiger partial charge in [-0.3, -0.25) is 4.98 Å². The average molecular weight is 301 g/mol. The fourth-order valence-corrected chi connectivity index (χ4v) is 3.87. The van der Waals surface area contributed by atoms with E-state index in [1.807, 2.05) is 4.57 Å². The van der Waals surface area contributed by atoms with Crippen LogP contribution in [0.4, 0.5) is 0 Å². The topological polar surface area (TPSA) is 78.0 Å². The van der Waals surface area contributed by atoms with Crippen LogP contribution in [0.2, 0.25) is 0 Å². The number of sulfone groups is 1. The molecule has 0 bridgehead atoms. The van der Waals surface area contributed by atoms with Crippen LogP contribution in [0, 0.1) is 0 Å². The standard InChI is InChI=1S/C15H15N3O2S/c16-7-9-18-11-15(13-6-8-17-10-14(13)18)21(19,20)12-4-2-1-3-5-12/h1-6,8,10-11H,7,9,16H2. The van der Waals surface area contributed by atoms with Crippen LogP contribution in [0.3, 0.4) is 0 Å². The summed E-state index contributed by atoms with van der Waals surface area (Å²) in [6.45, 7) is 0.982. The van der Waals surface area contributed by atoms with E-state index in [1.54, 1.807) is 55.0 Å². The normalized spacial score (nSPS) is 11.9. The van der Waals surface area contributed by atoms with E-state index in [2.05, 4.69) is 4.98 Å². The molecule has 0 fully saturated rings. The highest BCUT2D eigenvalue weighted by atomic mass is 32.2. The number of hydrogen-bond donors (Lipinski definition) is 1. The molecule has 2 heterocycles. The van der Waals surface area contributed by atoms with Gasteiger partial charge in [0.15, 0.2) is 0 Å². The Morgan fingerprint density at radius 2 is 1.90 bits per heavy atom. The maximum absolute atomic E-state index is 12.8. The molecule has 0 unspecified atom stereocenters. The monoisotopic (exact) mass is 301 g/mol. The first-order valence-corrected chi connectivity index (χ1v) is 8.06. The molecule has 5 nitrogen and oxygen atoms in total. The first-order valence-electron chi connectivity index (χ1n) is 6.57. The highest BCUT2D eigenvalue weighted by molar-refractivity contribution is 7.91. The second-order valence-corrected chi connectivity index (χ2v) is 6.60. The largest absolute Gasteiger partial charge is 0.344 e. The summed E-state index contributed by atoms with van der Waals surface area (Å²) < 4.78 is 27.4. The van der Waals surface area contributed by atoms with Crippen LogP contribution < -0.4 is 5.73 Å². The summed E-state index contributed by atoms with van der Waals surface area (Å²) >= 11 is 0. The first-order chi connectivity index (χ1) is 10.1. The molecule has 0 aliphatic heterocycles. The third kappa shape index (κ3) is 2.32. The van der Waals surface area contributed by atoms with Gasteiger partial charge in [0.05, 0.1) is 21.5 Å². The van der Waals surface area contributed by atoms with Crippen molar-refractivity contribution in [3.05, 3.63) is 55.0 Å². The third-order valence-electron chi connectivity index (χ3n) is 3.36. The minimum absolute atomic E-state index is 0.286. The summed E-state index contributed by atoms with van der Waals surface area (Å²) in [6, 6.07) is 10.1. The highest BCUT2D eigenvalue weighted by Crippen LogP contribution is 2.29. The lowest BCUT2D eigenvalue weighted by Gasteiger charge is -2.02. The molecule has 3 rings (SSSR count). The minimum atomic E-state index is -3.55. The summed E-state index contributed by atoms with van der Waals surface area (Å²) in [4.78, 5) is 4.64. The lowest BCUT2D eigenvalue weighted by Crippen LogP contribution is -2.09. The Hall–Kier alpha value is -2.18. The summed E-state index contributed by atoms with van der Waals surface area (Å²) in [5.74, 6) is 0. The molecule has 0 aliphatic rings. The van der Waals surface area contributed by atoms with Gasteiger partial charge in [0, 0.05) is 30.9 Å². The van der Waals surface area contributed by atoms with E-state index >= 15 is 0 Å². The van der Waals surface area contributed by atoms with Gasteiger partial charge in [-0.25, -0.2) is 8.42 Å². The van der Waals surface area contributed by atoms with Gasteiger partial charge in [0.2, 0.25) is 9.84 Å². The zero-order chi connectivity index (χ0) is 14.9. The summed E-state index contributed by atoms with van der Waals surface area (Å²) in [7, 11) is -3.55. The number of hydrogen-bond acceptors (Lipinski definition) is 4. The Morgan fingerprint density at radius 3 is 2.62 bits per heavy atom. The summed E-state index contributed by atoms with van der Waals surface area (Å²) in [6.07, 6.45) is 4.90. The molecule has 6 heteroatoms. The third-order valence-corrected chi connectivity index (χ3v) is 5.16. The molecule has 21 heavy (non-hydrogen) atoms. The van der Waals surface area contributed by atoms with E-state index in [1.165, 1.54) is 0 Å². The maximum atomic E-state index is 12.8. The fraction of sp³-hybridized carbons (Fsp3) is 0.133. The van der Waals surface area contributed by atoms with Gasteiger partial charge in [-0.2, -0.15) is 0 Å².